The summed E-state index contributed by atoms with van der Waals surface area (Å²) in [5.74, 6) is 1.49. The van der Waals surface area contributed by atoms with Gasteiger partial charge in [0.05, 0.1) is 5.25 Å². The molecule has 0 spiro atoms. The predicted octanol–water partition coefficient (Wildman–Crippen LogP) is 5.31. The lowest BCUT2D eigenvalue weighted by molar-refractivity contribution is 0.252. The minimum Gasteiger partial charge on any atom is -0.484 e. The standard InChI is InChI=1S/C21H19FN4O3S/c1-12-4-8-16(9-5-12)27-11-18-24-25-21(28-18)30-14(3)20-23-19(26-29-20)15-7-6-13(2)17(22)10-15/h4-10,14H,11H2,1-3H3. The molecule has 4 aromatic rings. The van der Waals surface area contributed by atoms with Gasteiger partial charge in [0.1, 0.15) is 11.6 Å². The first-order valence-electron chi connectivity index (χ1n) is 9.26. The Hall–Kier alpha value is -3.20. The third kappa shape index (κ3) is 4.68. The fraction of sp³-hybridized carbons (Fsp3) is 0.238. The fourth-order valence-electron chi connectivity index (χ4n) is 2.57. The van der Waals surface area contributed by atoms with Gasteiger partial charge in [-0.1, -0.05) is 46.7 Å². The largest absolute Gasteiger partial charge is 0.484 e. The van der Waals surface area contributed by atoms with Crippen LogP contribution in [0.3, 0.4) is 0 Å². The topological polar surface area (TPSA) is 87.1 Å². The Morgan fingerprint density at radius 2 is 1.90 bits per heavy atom. The number of aryl methyl sites for hydroxylation is 2. The van der Waals surface area contributed by atoms with Crippen LogP contribution in [0.1, 0.15) is 35.1 Å². The van der Waals surface area contributed by atoms with Gasteiger partial charge in [-0.3, -0.25) is 0 Å². The van der Waals surface area contributed by atoms with Crippen LogP contribution in [-0.2, 0) is 6.61 Å². The summed E-state index contributed by atoms with van der Waals surface area (Å²) in [6.45, 7) is 5.76. The third-order valence-corrected chi connectivity index (χ3v) is 5.25. The molecule has 1 atom stereocenters. The molecule has 9 heteroatoms. The van der Waals surface area contributed by atoms with E-state index < -0.39 is 0 Å². The quantitative estimate of drug-likeness (QED) is 0.368. The van der Waals surface area contributed by atoms with Gasteiger partial charge in [0.15, 0.2) is 6.61 Å². The van der Waals surface area contributed by atoms with E-state index in [4.69, 9.17) is 13.7 Å². The number of rotatable bonds is 7. The van der Waals surface area contributed by atoms with E-state index in [1.807, 2.05) is 38.1 Å². The summed E-state index contributed by atoms with van der Waals surface area (Å²) < 4.78 is 30.4. The van der Waals surface area contributed by atoms with Gasteiger partial charge in [-0.15, -0.1) is 10.2 Å². The molecule has 2 heterocycles. The Labute approximate surface area is 176 Å². The van der Waals surface area contributed by atoms with Crippen LogP contribution < -0.4 is 4.74 Å². The highest BCUT2D eigenvalue weighted by Crippen LogP contribution is 2.34. The molecule has 0 fully saturated rings. The Balaban J connectivity index is 1.37. The lowest BCUT2D eigenvalue weighted by Gasteiger charge is -2.03. The highest BCUT2D eigenvalue weighted by atomic mass is 32.2. The van der Waals surface area contributed by atoms with Crippen LogP contribution in [0, 0.1) is 19.7 Å². The molecular formula is C21H19FN4O3S. The molecule has 0 amide bonds. The Kier molecular flexibility index (Phi) is 5.80. The number of aromatic nitrogens is 4. The zero-order chi connectivity index (χ0) is 21.1. The van der Waals surface area contributed by atoms with Crippen molar-refractivity contribution in [3.05, 3.63) is 71.2 Å². The molecule has 7 nitrogen and oxygen atoms in total. The normalized spacial score (nSPS) is 12.1. The highest BCUT2D eigenvalue weighted by molar-refractivity contribution is 7.99. The maximum atomic E-state index is 13.8. The second kappa shape index (κ2) is 8.66. The Bertz CT molecular complexity index is 1140. The van der Waals surface area contributed by atoms with E-state index in [9.17, 15) is 4.39 Å². The van der Waals surface area contributed by atoms with Crippen LogP contribution in [0.4, 0.5) is 4.39 Å². The van der Waals surface area contributed by atoms with Crippen molar-refractivity contribution in [3.63, 3.8) is 0 Å². The predicted molar refractivity (Wildman–Crippen MR) is 109 cm³/mol. The van der Waals surface area contributed by atoms with E-state index in [1.54, 1.807) is 19.1 Å². The van der Waals surface area contributed by atoms with Gasteiger partial charge in [-0.2, -0.15) is 4.98 Å². The maximum Gasteiger partial charge on any atom is 0.277 e. The average molecular weight is 426 g/mol. The Morgan fingerprint density at radius 3 is 2.67 bits per heavy atom. The van der Waals surface area contributed by atoms with Crippen LogP contribution in [0.2, 0.25) is 0 Å². The SMILES string of the molecule is Cc1ccc(OCc2nnc(SC(C)c3nc(-c4ccc(C)c(F)c4)no3)o2)cc1. The lowest BCUT2D eigenvalue weighted by Crippen LogP contribution is -1.95. The first kappa shape index (κ1) is 20.1. The molecule has 0 aliphatic rings. The second-order valence-electron chi connectivity index (χ2n) is 6.74. The van der Waals surface area contributed by atoms with Crippen molar-refractivity contribution < 1.29 is 18.1 Å². The van der Waals surface area contributed by atoms with E-state index in [0.29, 0.717) is 34.0 Å². The molecule has 0 saturated carbocycles. The van der Waals surface area contributed by atoms with Crippen molar-refractivity contribution in [3.8, 4) is 17.1 Å². The molecule has 2 aromatic heterocycles. The number of hydrogen-bond donors (Lipinski definition) is 0. The molecule has 0 radical (unpaired) electrons. The Morgan fingerprint density at radius 1 is 1.10 bits per heavy atom. The van der Waals surface area contributed by atoms with Gasteiger partial charge in [0.2, 0.25) is 11.7 Å². The highest BCUT2D eigenvalue weighted by Gasteiger charge is 2.20. The number of halogens is 1. The van der Waals surface area contributed by atoms with Crippen molar-refractivity contribution >= 4 is 11.8 Å². The smallest absolute Gasteiger partial charge is 0.277 e. The molecule has 4 rings (SSSR count). The molecule has 0 bridgehead atoms. The number of benzene rings is 2. The minimum absolute atomic E-state index is 0.175. The van der Waals surface area contributed by atoms with Crippen LogP contribution in [0.5, 0.6) is 5.75 Å². The zero-order valence-electron chi connectivity index (χ0n) is 16.6. The first-order chi connectivity index (χ1) is 14.5. The van der Waals surface area contributed by atoms with Crippen molar-refractivity contribution in [2.24, 2.45) is 0 Å². The summed E-state index contributed by atoms with van der Waals surface area (Å²) in [4.78, 5) is 4.36. The van der Waals surface area contributed by atoms with Gasteiger partial charge in [0.25, 0.3) is 11.1 Å². The van der Waals surface area contributed by atoms with Crippen LogP contribution in [0.25, 0.3) is 11.4 Å². The van der Waals surface area contributed by atoms with Gasteiger partial charge >= 0.3 is 0 Å². The van der Waals surface area contributed by atoms with Crippen LogP contribution in [0.15, 0.2) is 56.6 Å². The summed E-state index contributed by atoms with van der Waals surface area (Å²) in [5, 5.41) is 12.1. The zero-order valence-corrected chi connectivity index (χ0v) is 17.4. The molecule has 0 saturated heterocycles. The van der Waals surface area contributed by atoms with Crippen molar-refractivity contribution in [2.75, 3.05) is 0 Å². The molecule has 0 N–H and O–H groups in total. The third-order valence-electron chi connectivity index (χ3n) is 4.33. The second-order valence-corrected chi connectivity index (χ2v) is 8.04. The van der Waals surface area contributed by atoms with E-state index in [0.717, 1.165) is 11.3 Å². The van der Waals surface area contributed by atoms with Gasteiger partial charge in [-0.25, -0.2) is 4.39 Å². The molecular weight excluding hydrogens is 407 g/mol. The maximum absolute atomic E-state index is 13.8. The van der Waals surface area contributed by atoms with Gasteiger partial charge in [0, 0.05) is 5.56 Å². The van der Waals surface area contributed by atoms with E-state index in [2.05, 4.69) is 20.3 Å². The lowest BCUT2D eigenvalue weighted by atomic mass is 10.1. The molecule has 0 aliphatic carbocycles. The molecule has 30 heavy (non-hydrogen) atoms. The fourth-order valence-corrected chi connectivity index (χ4v) is 3.31. The summed E-state index contributed by atoms with van der Waals surface area (Å²) in [7, 11) is 0. The number of thioether (sulfide) groups is 1. The monoisotopic (exact) mass is 426 g/mol. The summed E-state index contributed by atoms with van der Waals surface area (Å²) in [6.07, 6.45) is 0. The molecule has 0 aliphatic heterocycles. The van der Waals surface area contributed by atoms with Crippen molar-refractivity contribution in [1.82, 2.24) is 20.3 Å². The van der Waals surface area contributed by atoms with E-state index in [-0.39, 0.29) is 17.7 Å². The van der Waals surface area contributed by atoms with Crippen LogP contribution >= 0.6 is 11.8 Å². The summed E-state index contributed by atoms with van der Waals surface area (Å²) in [6, 6.07) is 12.5. The number of hydrogen-bond acceptors (Lipinski definition) is 8. The number of ether oxygens (including phenoxy) is 1. The molecule has 1 unspecified atom stereocenters. The van der Waals surface area contributed by atoms with E-state index >= 15 is 0 Å². The van der Waals surface area contributed by atoms with Gasteiger partial charge < -0.3 is 13.7 Å². The number of nitrogens with zero attached hydrogens (tertiary/aromatic N) is 4. The van der Waals surface area contributed by atoms with Gasteiger partial charge in [-0.05, 0) is 44.5 Å². The minimum atomic E-state index is -0.312. The summed E-state index contributed by atoms with van der Waals surface area (Å²) >= 11 is 1.29. The summed E-state index contributed by atoms with van der Waals surface area (Å²) in [5.41, 5.74) is 2.27. The van der Waals surface area contributed by atoms with E-state index in [1.165, 1.54) is 17.8 Å². The van der Waals surface area contributed by atoms with Crippen LogP contribution in [-0.4, -0.2) is 20.3 Å². The van der Waals surface area contributed by atoms with Crippen molar-refractivity contribution in [2.45, 2.75) is 37.9 Å². The van der Waals surface area contributed by atoms with Crippen molar-refractivity contribution in [1.29, 1.82) is 0 Å². The average Bonchev–Trinajstić information content (AvgIpc) is 3.39. The molecule has 154 valence electrons. The molecule has 2 aromatic carbocycles. The first-order valence-corrected chi connectivity index (χ1v) is 10.1.